The molecule has 2 heterocycles. The van der Waals surface area contributed by atoms with Crippen LogP contribution < -0.4 is 15.4 Å². The fraction of sp³-hybridized carbons (Fsp3) is 0.353. The van der Waals surface area contributed by atoms with E-state index in [0.29, 0.717) is 36.4 Å². The van der Waals surface area contributed by atoms with E-state index in [2.05, 4.69) is 20.8 Å². The molecule has 1 aromatic carbocycles. The first-order valence-electron chi connectivity index (χ1n) is 7.90. The average molecular weight is 328 g/mol. The van der Waals surface area contributed by atoms with E-state index in [9.17, 15) is 9.59 Å². The van der Waals surface area contributed by atoms with Crippen LogP contribution in [0.25, 0.3) is 0 Å². The zero-order chi connectivity index (χ0) is 17.1. The lowest BCUT2D eigenvalue weighted by Crippen LogP contribution is -2.34. The van der Waals surface area contributed by atoms with Gasteiger partial charge >= 0.3 is 0 Å². The van der Waals surface area contributed by atoms with E-state index >= 15 is 0 Å². The maximum Gasteiger partial charge on any atom is 0.255 e. The number of hydrogen-bond acceptors (Lipinski definition) is 4. The van der Waals surface area contributed by atoms with Crippen LogP contribution in [0.2, 0.25) is 0 Å². The van der Waals surface area contributed by atoms with Crippen molar-refractivity contribution in [3.05, 3.63) is 46.8 Å². The Bertz CT molecular complexity index is 769. The fourth-order valence-corrected chi connectivity index (χ4v) is 2.65. The second-order valence-corrected chi connectivity index (χ2v) is 5.94. The Hall–Kier alpha value is -2.83. The molecule has 0 fully saturated rings. The number of aromatic nitrogens is 2. The molecule has 7 heteroatoms. The predicted molar refractivity (Wildman–Crippen MR) is 88.2 cm³/mol. The van der Waals surface area contributed by atoms with Gasteiger partial charge in [0.15, 0.2) is 0 Å². The van der Waals surface area contributed by atoms with E-state index in [1.807, 2.05) is 19.9 Å². The average Bonchev–Trinajstić information content (AvgIpc) is 2.86. The normalized spacial score (nSPS) is 14.8. The molecule has 24 heavy (non-hydrogen) atoms. The van der Waals surface area contributed by atoms with Crippen molar-refractivity contribution in [1.29, 1.82) is 0 Å². The van der Waals surface area contributed by atoms with E-state index < -0.39 is 0 Å². The third-order valence-electron chi connectivity index (χ3n) is 3.78. The van der Waals surface area contributed by atoms with E-state index in [1.54, 1.807) is 18.2 Å². The number of carbonyl (C=O) groups is 2. The van der Waals surface area contributed by atoms with Crippen LogP contribution in [-0.2, 0) is 6.42 Å². The minimum Gasteiger partial charge on any atom is -0.491 e. The SMILES string of the molecule is Cc1cc(CC(C)NC(=O)c2ccc3c(c2)C(=O)NCCO3)n[nH]1. The topological polar surface area (TPSA) is 96.1 Å². The van der Waals surface area contributed by atoms with Crippen molar-refractivity contribution >= 4 is 11.8 Å². The van der Waals surface area contributed by atoms with Gasteiger partial charge in [0.2, 0.25) is 0 Å². The van der Waals surface area contributed by atoms with Crippen molar-refractivity contribution in [1.82, 2.24) is 20.8 Å². The Labute approximate surface area is 139 Å². The second-order valence-electron chi connectivity index (χ2n) is 5.94. The molecular weight excluding hydrogens is 308 g/mol. The van der Waals surface area contributed by atoms with Crippen molar-refractivity contribution < 1.29 is 14.3 Å². The molecule has 2 aromatic rings. The van der Waals surface area contributed by atoms with Crippen molar-refractivity contribution in [3.8, 4) is 5.75 Å². The highest BCUT2D eigenvalue weighted by atomic mass is 16.5. The smallest absolute Gasteiger partial charge is 0.255 e. The third kappa shape index (κ3) is 3.56. The summed E-state index contributed by atoms with van der Waals surface area (Å²) in [6.07, 6.45) is 0.630. The number of amides is 2. The fourth-order valence-electron chi connectivity index (χ4n) is 2.65. The molecule has 0 bridgehead atoms. The second kappa shape index (κ2) is 6.74. The van der Waals surface area contributed by atoms with E-state index in [1.165, 1.54) is 0 Å². The van der Waals surface area contributed by atoms with Crippen molar-refractivity contribution in [2.75, 3.05) is 13.2 Å². The number of hydrogen-bond donors (Lipinski definition) is 3. The molecule has 1 aromatic heterocycles. The van der Waals surface area contributed by atoms with E-state index in [0.717, 1.165) is 11.4 Å². The van der Waals surface area contributed by atoms with Crippen molar-refractivity contribution in [3.63, 3.8) is 0 Å². The number of fused-ring (bicyclic) bond motifs is 1. The molecule has 126 valence electrons. The summed E-state index contributed by atoms with van der Waals surface area (Å²) in [6.45, 7) is 4.73. The summed E-state index contributed by atoms with van der Waals surface area (Å²) < 4.78 is 5.49. The molecule has 1 aliphatic heterocycles. The number of aryl methyl sites for hydroxylation is 1. The Kier molecular flexibility index (Phi) is 4.50. The number of benzene rings is 1. The summed E-state index contributed by atoms with van der Waals surface area (Å²) in [7, 11) is 0. The third-order valence-corrected chi connectivity index (χ3v) is 3.78. The summed E-state index contributed by atoms with van der Waals surface area (Å²) >= 11 is 0. The van der Waals surface area contributed by atoms with Gasteiger partial charge in [-0.3, -0.25) is 14.7 Å². The highest BCUT2D eigenvalue weighted by Crippen LogP contribution is 2.21. The van der Waals surface area contributed by atoms with Gasteiger partial charge in [0.05, 0.1) is 17.8 Å². The van der Waals surface area contributed by atoms with Crippen LogP contribution in [0.1, 0.15) is 39.0 Å². The van der Waals surface area contributed by atoms with Crippen LogP contribution in [0.3, 0.4) is 0 Å². The number of aromatic amines is 1. The van der Waals surface area contributed by atoms with Gasteiger partial charge in [0, 0.05) is 23.7 Å². The lowest BCUT2D eigenvalue weighted by atomic mass is 10.1. The van der Waals surface area contributed by atoms with Crippen LogP contribution in [0.4, 0.5) is 0 Å². The van der Waals surface area contributed by atoms with Crippen LogP contribution in [0.15, 0.2) is 24.3 Å². The number of ether oxygens (including phenoxy) is 1. The number of rotatable bonds is 4. The molecule has 1 atom stereocenters. The van der Waals surface area contributed by atoms with Gasteiger partial charge in [-0.25, -0.2) is 0 Å². The first-order valence-corrected chi connectivity index (χ1v) is 7.90. The van der Waals surface area contributed by atoms with Crippen LogP contribution in [0, 0.1) is 6.92 Å². The Morgan fingerprint density at radius 2 is 2.25 bits per heavy atom. The minimum absolute atomic E-state index is 0.0795. The molecular formula is C17H20N4O3. The molecule has 0 saturated heterocycles. The van der Waals surface area contributed by atoms with Gasteiger partial charge in [0.25, 0.3) is 11.8 Å². The molecule has 0 saturated carbocycles. The maximum atomic E-state index is 12.4. The standard InChI is InChI=1S/C17H20N4O3/c1-10(7-13-8-11(2)20-21-13)19-16(22)12-3-4-15-14(9-12)17(23)18-5-6-24-15/h3-4,8-10H,5-7H2,1-2H3,(H,18,23)(H,19,22)(H,20,21). The summed E-state index contributed by atoms with van der Waals surface area (Å²) in [5.74, 6) is 0.0494. The zero-order valence-corrected chi connectivity index (χ0v) is 13.7. The Balaban J connectivity index is 1.69. The van der Waals surface area contributed by atoms with Gasteiger partial charge in [-0.1, -0.05) is 0 Å². The minimum atomic E-state index is -0.227. The largest absolute Gasteiger partial charge is 0.491 e. The molecule has 0 radical (unpaired) electrons. The van der Waals surface area contributed by atoms with E-state index in [-0.39, 0.29) is 17.9 Å². The quantitative estimate of drug-likeness (QED) is 0.786. The number of nitrogens with zero attached hydrogens (tertiary/aromatic N) is 1. The molecule has 0 spiro atoms. The molecule has 2 amide bonds. The number of H-pyrrole nitrogens is 1. The highest BCUT2D eigenvalue weighted by Gasteiger charge is 2.19. The molecule has 0 aliphatic carbocycles. The van der Waals surface area contributed by atoms with Crippen LogP contribution in [-0.4, -0.2) is 41.2 Å². The lowest BCUT2D eigenvalue weighted by Gasteiger charge is -2.13. The molecule has 3 rings (SSSR count). The number of nitrogens with one attached hydrogen (secondary N) is 3. The van der Waals surface area contributed by atoms with Gasteiger partial charge in [0.1, 0.15) is 12.4 Å². The lowest BCUT2D eigenvalue weighted by molar-refractivity contribution is 0.0940. The van der Waals surface area contributed by atoms with Crippen molar-refractivity contribution in [2.45, 2.75) is 26.3 Å². The van der Waals surface area contributed by atoms with Crippen LogP contribution in [0.5, 0.6) is 5.75 Å². The van der Waals surface area contributed by atoms with Crippen molar-refractivity contribution in [2.24, 2.45) is 0 Å². The number of carbonyl (C=O) groups excluding carboxylic acids is 2. The molecule has 7 nitrogen and oxygen atoms in total. The molecule has 3 N–H and O–H groups in total. The van der Waals surface area contributed by atoms with Gasteiger partial charge in [-0.15, -0.1) is 0 Å². The first kappa shape index (κ1) is 16.0. The highest BCUT2D eigenvalue weighted by molar-refractivity contribution is 6.01. The predicted octanol–water partition coefficient (Wildman–Crippen LogP) is 1.20. The zero-order valence-electron chi connectivity index (χ0n) is 13.7. The van der Waals surface area contributed by atoms with Gasteiger partial charge in [-0.05, 0) is 38.1 Å². The molecule has 1 unspecified atom stereocenters. The van der Waals surface area contributed by atoms with Gasteiger partial charge in [-0.2, -0.15) is 5.10 Å². The summed E-state index contributed by atoms with van der Waals surface area (Å²) in [4.78, 5) is 24.4. The summed E-state index contributed by atoms with van der Waals surface area (Å²) in [6, 6.07) is 6.77. The van der Waals surface area contributed by atoms with Gasteiger partial charge < -0.3 is 15.4 Å². The summed E-state index contributed by atoms with van der Waals surface area (Å²) in [5, 5.41) is 12.7. The molecule has 1 aliphatic rings. The monoisotopic (exact) mass is 328 g/mol. The van der Waals surface area contributed by atoms with E-state index in [4.69, 9.17) is 4.74 Å². The Morgan fingerprint density at radius 3 is 3.00 bits per heavy atom. The maximum absolute atomic E-state index is 12.4. The van der Waals surface area contributed by atoms with Crippen LogP contribution >= 0.6 is 0 Å². The summed E-state index contributed by atoms with van der Waals surface area (Å²) in [5.41, 5.74) is 2.70. The first-order chi connectivity index (χ1) is 11.5. The Morgan fingerprint density at radius 1 is 1.42 bits per heavy atom.